The van der Waals surface area contributed by atoms with Crippen LogP contribution in [0.25, 0.3) is 0 Å². The van der Waals surface area contributed by atoms with Gasteiger partial charge in [0.1, 0.15) is 0 Å². The van der Waals surface area contributed by atoms with Gasteiger partial charge in [-0.3, -0.25) is 4.79 Å². The molecule has 2 rings (SSSR count). The van der Waals surface area contributed by atoms with E-state index in [0.29, 0.717) is 31.9 Å². The Kier molecular flexibility index (Phi) is 6.45. The minimum Gasteiger partial charge on any atom is -0.504 e. The van der Waals surface area contributed by atoms with E-state index in [-0.39, 0.29) is 5.75 Å². The zero-order chi connectivity index (χ0) is 18.4. The van der Waals surface area contributed by atoms with Gasteiger partial charge >= 0.3 is 0 Å². The molecule has 7 nitrogen and oxygen atoms in total. The maximum absolute atomic E-state index is 12.2. The van der Waals surface area contributed by atoms with Gasteiger partial charge in [0.2, 0.25) is 0 Å². The highest BCUT2D eigenvalue weighted by molar-refractivity contribution is 14.1. The number of carbonyl (C=O) groups excluding carboxylic acids is 1. The summed E-state index contributed by atoms with van der Waals surface area (Å²) in [6.45, 7) is 0. The van der Waals surface area contributed by atoms with Crippen molar-refractivity contribution in [3.63, 3.8) is 0 Å². The van der Waals surface area contributed by atoms with Crippen LogP contribution < -0.4 is 19.6 Å². The monoisotopic (exact) mass is 456 g/mol. The Morgan fingerprint density at radius 2 is 1.76 bits per heavy atom. The van der Waals surface area contributed by atoms with Crippen molar-refractivity contribution in [3.05, 3.63) is 45.0 Å². The molecule has 8 heteroatoms. The van der Waals surface area contributed by atoms with Gasteiger partial charge < -0.3 is 19.3 Å². The third-order valence-corrected chi connectivity index (χ3v) is 4.12. The van der Waals surface area contributed by atoms with Gasteiger partial charge in [-0.15, -0.1) is 0 Å². The first-order chi connectivity index (χ1) is 12.0. The fourth-order valence-electron chi connectivity index (χ4n) is 2.03. The molecule has 0 radical (unpaired) electrons. The van der Waals surface area contributed by atoms with Crippen molar-refractivity contribution in [1.82, 2.24) is 5.43 Å². The van der Waals surface area contributed by atoms with Crippen LogP contribution in [0.5, 0.6) is 23.0 Å². The molecule has 25 heavy (non-hydrogen) atoms. The number of nitrogens with zero attached hydrogens (tertiary/aromatic N) is 1. The molecule has 0 spiro atoms. The predicted molar refractivity (Wildman–Crippen MR) is 102 cm³/mol. The van der Waals surface area contributed by atoms with E-state index in [1.54, 1.807) is 30.3 Å². The maximum atomic E-state index is 12.2. The quantitative estimate of drug-likeness (QED) is 0.397. The molecule has 0 aliphatic heterocycles. The van der Waals surface area contributed by atoms with E-state index in [1.165, 1.54) is 27.5 Å². The van der Waals surface area contributed by atoms with E-state index in [9.17, 15) is 9.90 Å². The Labute approximate surface area is 158 Å². The molecular weight excluding hydrogens is 439 g/mol. The first kappa shape index (κ1) is 18.8. The number of rotatable bonds is 6. The summed E-state index contributed by atoms with van der Waals surface area (Å²) in [5, 5.41) is 13.7. The normalized spacial score (nSPS) is 10.6. The van der Waals surface area contributed by atoms with Crippen LogP contribution in [0.3, 0.4) is 0 Å². The second-order valence-electron chi connectivity index (χ2n) is 4.82. The molecule has 2 aromatic rings. The lowest BCUT2D eigenvalue weighted by Gasteiger charge is -2.08. The van der Waals surface area contributed by atoms with Crippen LogP contribution in [-0.2, 0) is 0 Å². The van der Waals surface area contributed by atoms with Gasteiger partial charge in [-0.1, -0.05) is 0 Å². The summed E-state index contributed by atoms with van der Waals surface area (Å²) >= 11 is 1.98. The minimum absolute atomic E-state index is 0.0645. The van der Waals surface area contributed by atoms with E-state index >= 15 is 0 Å². The fourth-order valence-corrected chi connectivity index (χ4v) is 2.66. The Morgan fingerprint density at radius 3 is 2.40 bits per heavy atom. The van der Waals surface area contributed by atoms with Crippen LogP contribution >= 0.6 is 22.6 Å². The van der Waals surface area contributed by atoms with Gasteiger partial charge in [-0.2, -0.15) is 5.10 Å². The standard InChI is InChI=1S/C17H17IN2O5/c1-23-13-5-4-11(8-14(13)24-2)17(22)20-19-9-10-6-12(18)16(21)15(7-10)25-3/h4-9,21H,1-3H3,(H,20,22)/b19-9+. The van der Waals surface area contributed by atoms with Gasteiger partial charge in [0, 0.05) is 5.56 Å². The van der Waals surface area contributed by atoms with E-state index in [0.717, 1.165) is 0 Å². The number of halogens is 1. The van der Waals surface area contributed by atoms with Crippen molar-refractivity contribution in [1.29, 1.82) is 0 Å². The van der Waals surface area contributed by atoms with Crippen molar-refractivity contribution >= 4 is 34.7 Å². The molecule has 1 amide bonds. The lowest BCUT2D eigenvalue weighted by molar-refractivity contribution is 0.0954. The number of methoxy groups -OCH3 is 3. The van der Waals surface area contributed by atoms with Crippen molar-refractivity contribution < 1.29 is 24.1 Å². The summed E-state index contributed by atoms with van der Waals surface area (Å²) < 4.78 is 16.0. The molecule has 0 fully saturated rings. The van der Waals surface area contributed by atoms with Gasteiger partial charge in [-0.05, 0) is 58.5 Å². The predicted octanol–water partition coefficient (Wildman–Crippen LogP) is 2.79. The molecular formula is C17H17IN2O5. The summed E-state index contributed by atoms with van der Waals surface area (Å²) in [7, 11) is 4.48. The summed E-state index contributed by atoms with van der Waals surface area (Å²) in [6.07, 6.45) is 1.46. The second kappa shape index (κ2) is 8.56. The van der Waals surface area contributed by atoms with E-state index < -0.39 is 5.91 Å². The number of hydrazone groups is 1. The number of carbonyl (C=O) groups is 1. The lowest BCUT2D eigenvalue weighted by Crippen LogP contribution is -2.17. The molecule has 0 heterocycles. The molecule has 0 aliphatic rings. The highest BCUT2D eigenvalue weighted by Crippen LogP contribution is 2.31. The molecule has 0 saturated carbocycles. The Balaban J connectivity index is 2.12. The zero-order valence-corrected chi connectivity index (χ0v) is 16.0. The Bertz CT molecular complexity index is 808. The summed E-state index contributed by atoms with van der Waals surface area (Å²) in [4.78, 5) is 12.2. The average molecular weight is 456 g/mol. The van der Waals surface area contributed by atoms with Crippen LogP contribution in [0.15, 0.2) is 35.4 Å². The molecule has 0 bridgehead atoms. The van der Waals surface area contributed by atoms with Crippen molar-refractivity contribution in [2.75, 3.05) is 21.3 Å². The number of phenolic OH excluding ortho intramolecular Hbond substituents is 1. The van der Waals surface area contributed by atoms with Crippen molar-refractivity contribution in [2.24, 2.45) is 5.10 Å². The first-order valence-electron chi connectivity index (χ1n) is 7.12. The highest BCUT2D eigenvalue weighted by atomic mass is 127. The number of ether oxygens (including phenoxy) is 3. The summed E-state index contributed by atoms with van der Waals surface area (Å²) in [5.41, 5.74) is 3.49. The number of aromatic hydroxyl groups is 1. The van der Waals surface area contributed by atoms with Gasteiger partial charge in [0.25, 0.3) is 5.91 Å². The SMILES string of the molecule is COc1ccc(C(=O)N/N=C/c2cc(I)c(O)c(OC)c2)cc1OC. The number of hydrogen-bond acceptors (Lipinski definition) is 6. The largest absolute Gasteiger partial charge is 0.504 e. The summed E-state index contributed by atoms with van der Waals surface area (Å²) in [6, 6.07) is 8.15. The van der Waals surface area contributed by atoms with Crippen LogP contribution in [-0.4, -0.2) is 38.6 Å². The fraction of sp³-hybridized carbons (Fsp3) is 0.176. The number of nitrogens with one attached hydrogen (secondary N) is 1. The first-order valence-corrected chi connectivity index (χ1v) is 8.20. The Hall–Kier alpha value is -2.49. The number of benzene rings is 2. The zero-order valence-electron chi connectivity index (χ0n) is 13.9. The number of hydrogen-bond donors (Lipinski definition) is 2. The smallest absolute Gasteiger partial charge is 0.271 e. The highest BCUT2D eigenvalue weighted by Gasteiger charge is 2.10. The van der Waals surface area contributed by atoms with Crippen LogP contribution in [0.2, 0.25) is 0 Å². The topological polar surface area (TPSA) is 89.4 Å². The van der Waals surface area contributed by atoms with E-state index in [1.807, 2.05) is 22.6 Å². The van der Waals surface area contributed by atoms with Gasteiger partial charge in [-0.25, -0.2) is 5.43 Å². The molecule has 2 N–H and O–H groups in total. The van der Waals surface area contributed by atoms with Crippen LogP contribution in [0.4, 0.5) is 0 Å². The molecule has 132 valence electrons. The number of phenols is 1. The van der Waals surface area contributed by atoms with Crippen molar-refractivity contribution in [2.45, 2.75) is 0 Å². The Morgan fingerprint density at radius 1 is 1.08 bits per heavy atom. The average Bonchev–Trinajstić information content (AvgIpc) is 2.63. The molecule has 0 saturated heterocycles. The van der Waals surface area contributed by atoms with Gasteiger partial charge in [0.15, 0.2) is 23.0 Å². The van der Waals surface area contributed by atoms with Gasteiger partial charge in [0.05, 0.1) is 31.1 Å². The third kappa shape index (κ3) is 4.53. The van der Waals surface area contributed by atoms with Crippen molar-refractivity contribution in [3.8, 4) is 23.0 Å². The van der Waals surface area contributed by atoms with E-state index in [2.05, 4.69) is 10.5 Å². The molecule has 0 unspecified atom stereocenters. The third-order valence-electron chi connectivity index (χ3n) is 3.30. The molecule has 0 aromatic heterocycles. The second-order valence-corrected chi connectivity index (χ2v) is 5.98. The molecule has 2 aromatic carbocycles. The van der Waals surface area contributed by atoms with Crippen LogP contribution in [0.1, 0.15) is 15.9 Å². The molecule has 0 aliphatic carbocycles. The lowest BCUT2D eigenvalue weighted by atomic mass is 10.2. The minimum atomic E-state index is -0.391. The van der Waals surface area contributed by atoms with E-state index in [4.69, 9.17) is 14.2 Å². The molecule has 0 atom stereocenters. The number of amides is 1. The summed E-state index contributed by atoms with van der Waals surface area (Å²) in [5.74, 6) is 0.997. The van der Waals surface area contributed by atoms with Crippen LogP contribution in [0, 0.1) is 3.57 Å². The maximum Gasteiger partial charge on any atom is 0.271 e.